The van der Waals surface area contributed by atoms with Gasteiger partial charge in [-0.2, -0.15) is 0 Å². The van der Waals surface area contributed by atoms with Gasteiger partial charge < -0.3 is 20.4 Å². The van der Waals surface area contributed by atoms with Crippen molar-refractivity contribution in [3.8, 4) is 0 Å². The van der Waals surface area contributed by atoms with Crippen molar-refractivity contribution in [3.05, 3.63) is 54.1 Å². The van der Waals surface area contributed by atoms with E-state index in [2.05, 4.69) is 32.6 Å². The first-order chi connectivity index (χ1) is 12.8. The molecule has 0 aromatic heterocycles. The molecule has 2 N–H and O–H groups in total. The van der Waals surface area contributed by atoms with Crippen LogP contribution in [-0.4, -0.2) is 45.2 Å². The summed E-state index contributed by atoms with van der Waals surface area (Å²) in [6, 6.07) is 16.1. The Morgan fingerprint density at radius 3 is 2.22 bits per heavy atom. The highest BCUT2D eigenvalue weighted by molar-refractivity contribution is 6.04. The normalized spacial score (nSPS) is 16.7. The maximum atomic E-state index is 12.6. The molecular formula is C21H27ClN4O. The molecule has 4 rings (SSSR count). The molecule has 0 radical (unpaired) electrons. The van der Waals surface area contributed by atoms with Crippen LogP contribution in [0.5, 0.6) is 0 Å². The van der Waals surface area contributed by atoms with Crippen molar-refractivity contribution in [3.63, 3.8) is 0 Å². The zero-order valence-corrected chi connectivity index (χ0v) is 16.3. The number of anilines is 3. The fourth-order valence-corrected chi connectivity index (χ4v) is 3.71. The Labute approximate surface area is 167 Å². The minimum Gasteiger partial charge on any atom is -0.371 e. The first-order valence-corrected chi connectivity index (χ1v) is 9.52. The molecule has 144 valence electrons. The van der Waals surface area contributed by atoms with Crippen molar-refractivity contribution < 1.29 is 4.79 Å². The van der Waals surface area contributed by atoms with Gasteiger partial charge >= 0.3 is 0 Å². The quantitative estimate of drug-likeness (QED) is 0.845. The topological polar surface area (TPSA) is 47.6 Å². The number of hydrogen-bond acceptors (Lipinski definition) is 4. The van der Waals surface area contributed by atoms with Gasteiger partial charge in [-0.15, -0.1) is 12.4 Å². The van der Waals surface area contributed by atoms with E-state index in [1.807, 2.05) is 36.4 Å². The molecule has 0 unspecified atom stereocenters. The van der Waals surface area contributed by atoms with Crippen LogP contribution in [0.2, 0.25) is 0 Å². The summed E-state index contributed by atoms with van der Waals surface area (Å²) in [5.74, 6) is -0.0598. The van der Waals surface area contributed by atoms with E-state index in [0.29, 0.717) is 5.56 Å². The Morgan fingerprint density at radius 1 is 0.852 bits per heavy atom. The summed E-state index contributed by atoms with van der Waals surface area (Å²) in [4.78, 5) is 17.3. The monoisotopic (exact) mass is 386 g/mol. The molecule has 2 saturated heterocycles. The van der Waals surface area contributed by atoms with Gasteiger partial charge in [-0.25, -0.2) is 0 Å². The lowest BCUT2D eigenvalue weighted by Gasteiger charge is -2.29. The third kappa shape index (κ3) is 4.73. The number of carbonyl (C=O) groups is 1. The second kappa shape index (κ2) is 9.11. The molecule has 2 aromatic rings. The minimum atomic E-state index is -0.0598. The van der Waals surface area contributed by atoms with Gasteiger partial charge in [0.1, 0.15) is 0 Å². The smallest absolute Gasteiger partial charge is 0.255 e. The molecule has 0 saturated carbocycles. The first kappa shape index (κ1) is 19.5. The van der Waals surface area contributed by atoms with E-state index in [-0.39, 0.29) is 18.3 Å². The van der Waals surface area contributed by atoms with E-state index >= 15 is 0 Å². The average molecular weight is 387 g/mol. The van der Waals surface area contributed by atoms with Crippen LogP contribution in [0.4, 0.5) is 17.1 Å². The van der Waals surface area contributed by atoms with E-state index in [9.17, 15) is 4.79 Å². The first-order valence-electron chi connectivity index (χ1n) is 9.52. The minimum absolute atomic E-state index is 0. The van der Waals surface area contributed by atoms with Crippen molar-refractivity contribution in [1.82, 2.24) is 5.32 Å². The highest BCUT2D eigenvalue weighted by Gasteiger charge is 2.14. The summed E-state index contributed by atoms with van der Waals surface area (Å²) in [6.07, 6.45) is 2.49. The van der Waals surface area contributed by atoms with Gasteiger partial charge in [0, 0.05) is 61.9 Å². The Kier molecular flexibility index (Phi) is 6.58. The summed E-state index contributed by atoms with van der Waals surface area (Å²) < 4.78 is 0. The fraction of sp³-hybridized carbons (Fsp3) is 0.381. The van der Waals surface area contributed by atoms with Crippen LogP contribution in [-0.2, 0) is 0 Å². The number of nitrogens with one attached hydrogen (secondary N) is 2. The van der Waals surface area contributed by atoms with Gasteiger partial charge in [0.2, 0.25) is 0 Å². The van der Waals surface area contributed by atoms with Crippen molar-refractivity contribution >= 4 is 35.4 Å². The molecule has 1 amide bonds. The summed E-state index contributed by atoms with van der Waals surface area (Å²) in [5.41, 5.74) is 3.91. The third-order valence-corrected chi connectivity index (χ3v) is 5.19. The second-order valence-electron chi connectivity index (χ2n) is 6.98. The fourth-order valence-electron chi connectivity index (χ4n) is 3.71. The number of carbonyl (C=O) groups excluding carboxylic acids is 1. The maximum absolute atomic E-state index is 12.6. The van der Waals surface area contributed by atoms with E-state index in [1.165, 1.54) is 24.2 Å². The van der Waals surface area contributed by atoms with E-state index in [4.69, 9.17) is 0 Å². The van der Waals surface area contributed by atoms with E-state index < -0.39 is 0 Å². The van der Waals surface area contributed by atoms with Crippen molar-refractivity contribution in [1.29, 1.82) is 0 Å². The summed E-state index contributed by atoms with van der Waals surface area (Å²) in [6.45, 7) is 6.24. The zero-order chi connectivity index (χ0) is 17.8. The molecule has 5 nitrogen and oxygen atoms in total. The molecule has 0 atom stereocenters. The van der Waals surface area contributed by atoms with Crippen LogP contribution >= 0.6 is 12.4 Å². The lowest BCUT2D eigenvalue weighted by Crippen LogP contribution is -2.43. The number of benzene rings is 2. The van der Waals surface area contributed by atoms with Crippen LogP contribution in [0.1, 0.15) is 23.2 Å². The van der Waals surface area contributed by atoms with Crippen LogP contribution in [0.25, 0.3) is 0 Å². The number of nitrogens with zero attached hydrogens (tertiary/aromatic N) is 2. The highest BCUT2D eigenvalue weighted by Crippen LogP contribution is 2.24. The molecule has 2 fully saturated rings. The van der Waals surface area contributed by atoms with Gasteiger partial charge in [-0.1, -0.05) is 6.07 Å². The zero-order valence-electron chi connectivity index (χ0n) is 15.5. The van der Waals surface area contributed by atoms with Gasteiger partial charge in [-0.05, 0) is 55.3 Å². The Morgan fingerprint density at radius 2 is 1.52 bits per heavy atom. The predicted octanol–water partition coefficient (Wildman–Crippen LogP) is 3.37. The molecule has 0 aliphatic carbocycles. The van der Waals surface area contributed by atoms with Crippen LogP contribution < -0.4 is 20.4 Å². The highest BCUT2D eigenvalue weighted by atomic mass is 35.5. The van der Waals surface area contributed by atoms with Crippen molar-refractivity contribution in [2.75, 3.05) is 54.4 Å². The number of rotatable bonds is 4. The Balaban J connectivity index is 0.00000210. The standard InChI is InChI=1S/C21H26N4O.ClH/c26-21(17-6-8-19(9-7-17)25-14-10-22-11-15-25)23-18-4-3-5-20(16-18)24-12-1-2-13-24;/h3-9,16,22H,1-2,10-15H2,(H,23,26);1H. The predicted molar refractivity (Wildman–Crippen MR) is 115 cm³/mol. The molecule has 2 aromatic carbocycles. The number of halogens is 1. The van der Waals surface area contributed by atoms with Gasteiger partial charge in [0.15, 0.2) is 0 Å². The summed E-state index contributed by atoms with van der Waals surface area (Å²) in [7, 11) is 0. The molecule has 6 heteroatoms. The van der Waals surface area contributed by atoms with Gasteiger partial charge in [-0.3, -0.25) is 4.79 Å². The summed E-state index contributed by atoms with van der Waals surface area (Å²) in [5, 5.41) is 6.39. The van der Waals surface area contributed by atoms with Gasteiger partial charge in [0.05, 0.1) is 0 Å². The molecule has 2 heterocycles. The van der Waals surface area contributed by atoms with E-state index in [0.717, 1.165) is 45.0 Å². The summed E-state index contributed by atoms with van der Waals surface area (Å²) >= 11 is 0. The number of amides is 1. The van der Waals surface area contributed by atoms with Crippen LogP contribution in [0.15, 0.2) is 48.5 Å². The van der Waals surface area contributed by atoms with Crippen LogP contribution in [0, 0.1) is 0 Å². The Bertz CT molecular complexity index is 753. The lowest BCUT2D eigenvalue weighted by molar-refractivity contribution is 0.102. The van der Waals surface area contributed by atoms with Crippen molar-refractivity contribution in [2.24, 2.45) is 0 Å². The molecular weight excluding hydrogens is 360 g/mol. The molecule has 2 aliphatic rings. The molecule has 0 bridgehead atoms. The SMILES string of the molecule is Cl.O=C(Nc1cccc(N2CCCC2)c1)c1ccc(N2CCNCC2)cc1. The van der Waals surface area contributed by atoms with Crippen molar-refractivity contribution in [2.45, 2.75) is 12.8 Å². The molecule has 2 aliphatic heterocycles. The number of piperazine rings is 1. The van der Waals surface area contributed by atoms with E-state index in [1.54, 1.807) is 0 Å². The van der Waals surface area contributed by atoms with Gasteiger partial charge in [0.25, 0.3) is 5.91 Å². The van der Waals surface area contributed by atoms with Crippen LogP contribution in [0.3, 0.4) is 0 Å². The average Bonchev–Trinajstić information content (AvgIpc) is 3.24. The third-order valence-electron chi connectivity index (χ3n) is 5.19. The number of hydrogen-bond donors (Lipinski definition) is 2. The lowest BCUT2D eigenvalue weighted by atomic mass is 10.1. The maximum Gasteiger partial charge on any atom is 0.255 e. The largest absolute Gasteiger partial charge is 0.371 e. The Hall–Kier alpha value is -2.24. The second-order valence-corrected chi connectivity index (χ2v) is 6.98. The molecule has 27 heavy (non-hydrogen) atoms. The molecule has 0 spiro atoms.